The molecule has 194 valence electrons. The molecule has 9 nitrogen and oxygen atoms in total. The number of aromatic nitrogens is 4. The number of carbonyl (C=O) groups is 1. The highest BCUT2D eigenvalue weighted by Crippen LogP contribution is 2.42. The number of amides is 1. The Balaban J connectivity index is 1.78. The van der Waals surface area contributed by atoms with Gasteiger partial charge < -0.3 is 19.7 Å². The lowest BCUT2D eigenvalue weighted by Crippen LogP contribution is -2.52. The first kappa shape index (κ1) is 27.6. The van der Waals surface area contributed by atoms with Crippen LogP contribution in [0.1, 0.15) is 52.3 Å². The number of imidazole rings is 1. The molecular formula is C24H39BrN6O3Si. The van der Waals surface area contributed by atoms with Gasteiger partial charge in [-0.2, -0.15) is 0 Å². The Morgan fingerprint density at radius 3 is 2.60 bits per heavy atom. The highest BCUT2D eigenvalue weighted by Gasteiger charge is 2.32. The number of nitrogens with zero attached hydrogens (tertiary/aromatic N) is 5. The fourth-order valence-corrected chi connectivity index (χ4v) is 5.40. The molecule has 1 unspecified atom stereocenters. The van der Waals surface area contributed by atoms with Gasteiger partial charge in [0.2, 0.25) is 5.95 Å². The lowest BCUT2D eigenvalue weighted by atomic mass is 10.0. The number of ether oxygens (including phenoxy) is 1. The number of hydrogen-bond donors (Lipinski definition) is 2. The van der Waals surface area contributed by atoms with Crippen LogP contribution in [-0.4, -0.2) is 68.4 Å². The maximum Gasteiger partial charge on any atom is 0.408 e. The van der Waals surface area contributed by atoms with Crippen LogP contribution in [0.2, 0.25) is 25.7 Å². The second kappa shape index (κ2) is 11.0. The van der Waals surface area contributed by atoms with Crippen LogP contribution in [0.15, 0.2) is 16.9 Å². The first-order chi connectivity index (χ1) is 16.3. The van der Waals surface area contributed by atoms with Crippen molar-refractivity contribution >= 4 is 36.0 Å². The van der Waals surface area contributed by atoms with E-state index in [4.69, 9.17) is 14.7 Å². The molecule has 1 amide bonds. The van der Waals surface area contributed by atoms with Gasteiger partial charge in [0, 0.05) is 38.9 Å². The highest BCUT2D eigenvalue weighted by atomic mass is 79.9. The molecule has 1 aliphatic carbocycles. The molecule has 1 saturated carbocycles. The number of nitrogens with one attached hydrogen (secondary N) is 1. The molecule has 11 heteroatoms. The van der Waals surface area contributed by atoms with Crippen LogP contribution >= 0.6 is 15.9 Å². The van der Waals surface area contributed by atoms with Crippen molar-refractivity contribution in [3.8, 4) is 11.4 Å². The average molecular weight is 568 g/mol. The molecule has 2 aromatic heterocycles. The van der Waals surface area contributed by atoms with Gasteiger partial charge in [0.05, 0.1) is 11.7 Å². The second-order valence-corrected chi connectivity index (χ2v) is 17.9. The zero-order valence-corrected chi connectivity index (χ0v) is 24.5. The molecule has 3 rings (SSSR count). The predicted molar refractivity (Wildman–Crippen MR) is 145 cm³/mol. The topological polar surface area (TPSA) is 105 Å². The van der Waals surface area contributed by atoms with E-state index in [0.29, 0.717) is 25.1 Å². The fourth-order valence-electron chi connectivity index (χ4n) is 4.04. The van der Waals surface area contributed by atoms with Crippen LogP contribution in [0.25, 0.3) is 11.4 Å². The fraction of sp³-hybridized carbons (Fsp3) is 0.667. The van der Waals surface area contributed by atoms with Crippen LogP contribution in [-0.2, 0) is 11.5 Å². The van der Waals surface area contributed by atoms with Crippen LogP contribution in [0.3, 0.4) is 0 Å². The molecule has 0 bridgehead atoms. The largest absolute Gasteiger partial charge is 0.465 e. The van der Waals surface area contributed by atoms with Gasteiger partial charge in [0.1, 0.15) is 22.9 Å². The maximum atomic E-state index is 11.8. The smallest absolute Gasteiger partial charge is 0.408 e. The Morgan fingerprint density at radius 2 is 2.03 bits per heavy atom. The van der Waals surface area contributed by atoms with Crippen molar-refractivity contribution in [2.45, 2.75) is 90.5 Å². The Bertz CT molecular complexity index is 1030. The Hall–Kier alpha value is -1.98. The van der Waals surface area contributed by atoms with E-state index in [-0.39, 0.29) is 6.04 Å². The summed E-state index contributed by atoms with van der Waals surface area (Å²) < 4.78 is 8.97. The van der Waals surface area contributed by atoms with Crippen molar-refractivity contribution in [1.82, 2.24) is 24.4 Å². The molecule has 0 aliphatic heterocycles. The molecule has 35 heavy (non-hydrogen) atoms. The molecular weight excluding hydrogens is 528 g/mol. The average Bonchev–Trinajstić information content (AvgIpc) is 3.51. The first-order valence-electron chi connectivity index (χ1n) is 12.2. The van der Waals surface area contributed by atoms with E-state index in [1.807, 2.05) is 33.8 Å². The van der Waals surface area contributed by atoms with Crippen molar-refractivity contribution in [2.24, 2.45) is 0 Å². The van der Waals surface area contributed by atoms with Gasteiger partial charge in [-0.15, -0.1) is 0 Å². The molecule has 2 aromatic rings. The molecule has 0 aromatic carbocycles. The van der Waals surface area contributed by atoms with Gasteiger partial charge in [0.15, 0.2) is 0 Å². The monoisotopic (exact) mass is 566 g/mol. The molecule has 2 heterocycles. The summed E-state index contributed by atoms with van der Waals surface area (Å²) >= 11 is 3.65. The lowest BCUT2D eigenvalue weighted by molar-refractivity contribution is 0.0789. The molecule has 0 saturated heterocycles. The second-order valence-electron chi connectivity index (χ2n) is 11.5. The van der Waals surface area contributed by atoms with Crippen LogP contribution < -0.4 is 5.32 Å². The standard InChI is InChI=1S/C24H39BrN6O3Si/c1-16(31(23(32)33)24(2,3)4)14-27-22-26-11-10-18(28-22)19-20(25)29-21(17-8-9-17)30(19)15-34-12-13-35(5,6)7/h10-11,16-17H,8-9,12-15H2,1-7H3,(H,32,33)(H,26,27,28). The maximum absolute atomic E-state index is 11.8. The van der Waals surface area contributed by atoms with Crippen LogP contribution in [0, 0.1) is 0 Å². The van der Waals surface area contributed by atoms with E-state index >= 15 is 0 Å². The zero-order valence-electron chi connectivity index (χ0n) is 21.9. The molecule has 1 atom stereocenters. The van der Waals surface area contributed by atoms with Crippen molar-refractivity contribution in [1.29, 1.82) is 0 Å². The minimum Gasteiger partial charge on any atom is -0.465 e. The highest BCUT2D eigenvalue weighted by molar-refractivity contribution is 9.10. The Kier molecular flexibility index (Phi) is 8.64. The van der Waals surface area contributed by atoms with Crippen LogP contribution in [0.4, 0.5) is 10.7 Å². The minimum atomic E-state index is -1.17. The molecule has 1 aliphatic rings. The number of rotatable bonds is 11. The van der Waals surface area contributed by atoms with E-state index in [0.717, 1.165) is 47.3 Å². The van der Waals surface area contributed by atoms with Gasteiger partial charge in [-0.05, 0) is 68.6 Å². The number of anilines is 1. The summed E-state index contributed by atoms with van der Waals surface area (Å²) in [6.07, 6.45) is 3.04. The third-order valence-electron chi connectivity index (χ3n) is 5.94. The minimum absolute atomic E-state index is 0.266. The molecule has 0 radical (unpaired) electrons. The third kappa shape index (κ3) is 7.50. The summed E-state index contributed by atoms with van der Waals surface area (Å²) in [6, 6.07) is 2.71. The van der Waals surface area contributed by atoms with Gasteiger partial charge in [0.25, 0.3) is 0 Å². The van der Waals surface area contributed by atoms with Gasteiger partial charge in [-0.1, -0.05) is 19.6 Å². The summed E-state index contributed by atoms with van der Waals surface area (Å²) in [6.45, 7) is 16.1. The normalized spacial score (nSPS) is 15.2. The van der Waals surface area contributed by atoms with E-state index in [9.17, 15) is 9.90 Å². The van der Waals surface area contributed by atoms with Crippen molar-refractivity contribution < 1.29 is 14.6 Å². The van der Waals surface area contributed by atoms with Crippen molar-refractivity contribution in [3.63, 3.8) is 0 Å². The summed E-state index contributed by atoms with van der Waals surface area (Å²) in [5.41, 5.74) is 1.10. The van der Waals surface area contributed by atoms with E-state index in [1.165, 1.54) is 4.90 Å². The van der Waals surface area contributed by atoms with Gasteiger partial charge in [-0.25, -0.2) is 19.7 Å². The summed E-state index contributed by atoms with van der Waals surface area (Å²) in [7, 11) is -1.17. The SMILES string of the molecule is CC(CNc1nccc(-c2c(Br)nc(C3CC3)n2COCC[Si](C)(C)C)n1)N(C(=O)O)C(C)(C)C. The summed E-state index contributed by atoms with van der Waals surface area (Å²) in [5, 5.41) is 12.9. The van der Waals surface area contributed by atoms with E-state index in [2.05, 4.69) is 50.4 Å². The van der Waals surface area contributed by atoms with Crippen molar-refractivity contribution in [3.05, 3.63) is 22.7 Å². The lowest BCUT2D eigenvalue weighted by Gasteiger charge is -2.38. The molecule has 0 spiro atoms. The van der Waals surface area contributed by atoms with E-state index < -0.39 is 19.7 Å². The Morgan fingerprint density at radius 1 is 1.34 bits per heavy atom. The third-order valence-corrected chi connectivity index (χ3v) is 8.19. The number of halogens is 1. The van der Waals surface area contributed by atoms with Crippen LogP contribution in [0.5, 0.6) is 0 Å². The predicted octanol–water partition coefficient (Wildman–Crippen LogP) is 5.87. The van der Waals surface area contributed by atoms with Gasteiger partial charge >= 0.3 is 6.09 Å². The first-order valence-corrected chi connectivity index (χ1v) is 16.7. The number of carboxylic acid groups (broad SMARTS) is 1. The summed E-state index contributed by atoms with van der Waals surface area (Å²) in [4.78, 5) is 27.1. The summed E-state index contributed by atoms with van der Waals surface area (Å²) in [5.74, 6) is 1.94. The zero-order chi connectivity index (χ0) is 26.0. The van der Waals surface area contributed by atoms with Gasteiger partial charge in [-0.3, -0.25) is 4.90 Å². The quantitative estimate of drug-likeness (QED) is 0.258. The Labute approximate surface area is 217 Å². The molecule has 1 fully saturated rings. The number of hydrogen-bond acceptors (Lipinski definition) is 6. The molecule has 2 N–H and O–H groups in total. The van der Waals surface area contributed by atoms with E-state index in [1.54, 1.807) is 6.20 Å². The van der Waals surface area contributed by atoms with Crippen molar-refractivity contribution in [2.75, 3.05) is 18.5 Å².